The summed E-state index contributed by atoms with van der Waals surface area (Å²) in [5.41, 5.74) is 1.18. The molecule has 3 nitrogen and oxygen atoms in total. The summed E-state index contributed by atoms with van der Waals surface area (Å²) in [5.74, 6) is 1.57. The van der Waals surface area contributed by atoms with Crippen molar-refractivity contribution in [1.29, 1.82) is 0 Å². The van der Waals surface area contributed by atoms with E-state index < -0.39 is 0 Å². The lowest BCUT2D eigenvalue weighted by Gasteiger charge is -2.41. The first-order valence-electron chi connectivity index (χ1n) is 5.93. The standard InChI is InChI=1S/C12H18ClN3/c1-2-4-10-7-11(15-9-14-10)16-12(8-13)5-3-6-12/h7,9H,2-6,8H2,1H3,(H,14,15,16). The number of nitrogens with zero attached hydrogens (tertiary/aromatic N) is 2. The van der Waals surface area contributed by atoms with E-state index in [2.05, 4.69) is 22.2 Å². The quantitative estimate of drug-likeness (QED) is 0.803. The van der Waals surface area contributed by atoms with E-state index in [0.29, 0.717) is 5.88 Å². The van der Waals surface area contributed by atoms with Crippen LogP contribution in [0.3, 0.4) is 0 Å². The minimum Gasteiger partial charge on any atom is -0.363 e. The minimum atomic E-state index is 0.0827. The van der Waals surface area contributed by atoms with Crippen LogP contribution in [0.2, 0.25) is 0 Å². The maximum Gasteiger partial charge on any atom is 0.130 e. The molecule has 0 aliphatic heterocycles. The smallest absolute Gasteiger partial charge is 0.130 e. The normalized spacial score (nSPS) is 17.9. The van der Waals surface area contributed by atoms with Crippen molar-refractivity contribution in [2.45, 2.75) is 44.6 Å². The number of anilines is 1. The molecule has 1 aromatic heterocycles. The maximum absolute atomic E-state index is 6.01. The third-order valence-corrected chi connectivity index (χ3v) is 3.70. The monoisotopic (exact) mass is 239 g/mol. The molecule has 0 bridgehead atoms. The molecule has 1 aromatic rings. The fourth-order valence-electron chi connectivity index (χ4n) is 2.03. The van der Waals surface area contributed by atoms with Crippen molar-refractivity contribution >= 4 is 17.4 Å². The second-order valence-corrected chi connectivity index (χ2v) is 4.80. The Bertz CT molecular complexity index is 344. The van der Waals surface area contributed by atoms with Crippen LogP contribution in [0.25, 0.3) is 0 Å². The van der Waals surface area contributed by atoms with Crippen molar-refractivity contribution in [3.8, 4) is 0 Å². The Morgan fingerprint density at radius 1 is 1.44 bits per heavy atom. The van der Waals surface area contributed by atoms with E-state index >= 15 is 0 Å². The molecular weight excluding hydrogens is 222 g/mol. The van der Waals surface area contributed by atoms with Crippen molar-refractivity contribution in [2.75, 3.05) is 11.2 Å². The first-order chi connectivity index (χ1) is 7.78. The summed E-state index contributed by atoms with van der Waals surface area (Å²) in [6, 6.07) is 2.04. The Labute approximate surface area is 102 Å². The number of alkyl halides is 1. The van der Waals surface area contributed by atoms with Gasteiger partial charge in [0.1, 0.15) is 12.1 Å². The lowest BCUT2D eigenvalue weighted by Crippen LogP contribution is -2.47. The van der Waals surface area contributed by atoms with Gasteiger partial charge in [0.25, 0.3) is 0 Å². The summed E-state index contributed by atoms with van der Waals surface area (Å²) in [4.78, 5) is 8.50. The summed E-state index contributed by atoms with van der Waals surface area (Å²) >= 11 is 6.01. The van der Waals surface area contributed by atoms with Crippen LogP contribution in [-0.4, -0.2) is 21.4 Å². The molecule has 0 saturated heterocycles. The lowest BCUT2D eigenvalue weighted by atomic mass is 9.78. The third-order valence-electron chi connectivity index (χ3n) is 3.19. The van der Waals surface area contributed by atoms with Crippen LogP contribution in [0.15, 0.2) is 12.4 Å². The van der Waals surface area contributed by atoms with Gasteiger partial charge in [0.05, 0.1) is 5.54 Å². The molecule has 1 fully saturated rings. The van der Waals surface area contributed by atoms with Crippen molar-refractivity contribution in [3.05, 3.63) is 18.1 Å². The van der Waals surface area contributed by atoms with Gasteiger partial charge in [-0.1, -0.05) is 13.3 Å². The molecule has 0 radical (unpaired) electrons. The van der Waals surface area contributed by atoms with E-state index in [9.17, 15) is 0 Å². The van der Waals surface area contributed by atoms with Crippen LogP contribution in [0, 0.1) is 0 Å². The molecule has 2 rings (SSSR count). The van der Waals surface area contributed by atoms with Gasteiger partial charge in [0.2, 0.25) is 0 Å². The second-order valence-electron chi connectivity index (χ2n) is 4.54. The molecule has 16 heavy (non-hydrogen) atoms. The summed E-state index contributed by atoms with van der Waals surface area (Å²) in [6.07, 6.45) is 7.29. The van der Waals surface area contributed by atoms with Crippen LogP contribution in [-0.2, 0) is 6.42 Å². The molecule has 0 atom stereocenters. The van der Waals surface area contributed by atoms with Crippen LogP contribution in [0.5, 0.6) is 0 Å². The van der Waals surface area contributed by atoms with Crippen LogP contribution in [0.4, 0.5) is 5.82 Å². The van der Waals surface area contributed by atoms with Gasteiger partial charge in [0.15, 0.2) is 0 Å². The van der Waals surface area contributed by atoms with Crippen molar-refractivity contribution in [1.82, 2.24) is 9.97 Å². The zero-order valence-corrected chi connectivity index (χ0v) is 10.4. The van der Waals surface area contributed by atoms with Crippen LogP contribution >= 0.6 is 11.6 Å². The molecule has 1 aliphatic carbocycles. The highest BCUT2D eigenvalue weighted by molar-refractivity contribution is 6.19. The van der Waals surface area contributed by atoms with Gasteiger partial charge in [-0.15, -0.1) is 11.6 Å². The molecule has 0 aromatic carbocycles. The number of aromatic nitrogens is 2. The first kappa shape index (κ1) is 11.6. The predicted molar refractivity (Wildman–Crippen MR) is 67.0 cm³/mol. The van der Waals surface area contributed by atoms with Gasteiger partial charge < -0.3 is 5.32 Å². The number of halogens is 1. The Hall–Kier alpha value is -0.830. The molecule has 1 N–H and O–H groups in total. The van der Waals surface area contributed by atoms with Crippen LogP contribution in [0.1, 0.15) is 38.3 Å². The zero-order valence-electron chi connectivity index (χ0n) is 9.67. The van der Waals surface area contributed by atoms with E-state index in [0.717, 1.165) is 37.2 Å². The van der Waals surface area contributed by atoms with E-state index in [-0.39, 0.29) is 5.54 Å². The number of rotatable bonds is 5. The fraction of sp³-hybridized carbons (Fsp3) is 0.667. The average Bonchev–Trinajstić information content (AvgIpc) is 2.25. The molecule has 0 amide bonds. The summed E-state index contributed by atoms with van der Waals surface area (Å²) in [7, 11) is 0. The predicted octanol–water partition coefficient (Wildman–Crippen LogP) is 3.00. The summed E-state index contributed by atoms with van der Waals surface area (Å²) in [6.45, 7) is 2.15. The largest absolute Gasteiger partial charge is 0.363 e. The lowest BCUT2D eigenvalue weighted by molar-refractivity contribution is 0.310. The van der Waals surface area contributed by atoms with E-state index in [1.807, 2.05) is 6.07 Å². The molecule has 1 heterocycles. The van der Waals surface area contributed by atoms with Crippen molar-refractivity contribution in [2.24, 2.45) is 0 Å². The number of hydrogen-bond donors (Lipinski definition) is 1. The number of nitrogens with one attached hydrogen (secondary N) is 1. The van der Waals surface area contributed by atoms with Gasteiger partial charge >= 0.3 is 0 Å². The second kappa shape index (κ2) is 5.00. The van der Waals surface area contributed by atoms with E-state index in [4.69, 9.17) is 11.6 Å². The molecule has 1 saturated carbocycles. The topological polar surface area (TPSA) is 37.8 Å². The fourth-order valence-corrected chi connectivity index (χ4v) is 2.36. The SMILES string of the molecule is CCCc1cc(NC2(CCl)CCC2)ncn1. The molecule has 4 heteroatoms. The van der Waals surface area contributed by atoms with Crippen LogP contribution < -0.4 is 5.32 Å². The highest BCUT2D eigenvalue weighted by atomic mass is 35.5. The van der Waals surface area contributed by atoms with Gasteiger partial charge in [0, 0.05) is 17.6 Å². The Morgan fingerprint density at radius 2 is 2.25 bits per heavy atom. The van der Waals surface area contributed by atoms with E-state index in [1.165, 1.54) is 6.42 Å². The van der Waals surface area contributed by atoms with Gasteiger partial charge in [-0.3, -0.25) is 0 Å². The molecule has 0 spiro atoms. The summed E-state index contributed by atoms with van der Waals surface area (Å²) in [5, 5.41) is 3.46. The highest BCUT2D eigenvalue weighted by Gasteiger charge is 2.36. The Kier molecular flexibility index (Phi) is 3.64. The van der Waals surface area contributed by atoms with Crippen molar-refractivity contribution < 1.29 is 0 Å². The van der Waals surface area contributed by atoms with Gasteiger partial charge in [-0.2, -0.15) is 0 Å². The van der Waals surface area contributed by atoms with Crippen molar-refractivity contribution in [3.63, 3.8) is 0 Å². The van der Waals surface area contributed by atoms with Gasteiger partial charge in [-0.25, -0.2) is 9.97 Å². The number of hydrogen-bond acceptors (Lipinski definition) is 3. The minimum absolute atomic E-state index is 0.0827. The number of aryl methyl sites for hydroxylation is 1. The Morgan fingerprint density at radius 3 is 2.81 bits per heavy atom. The molecular formula is C12H18ClN3. The zero-order chi connectivity index (χ0) is 11.4. The first-order valence-corrected chi connectivity index (χ1v) is 6.46. The summed E-state index contributed by atoms with van der Waals surface area (Å²) < 4.78 is 0. The highest BCUT2D eigenvalue weighted by Crippen LogP contribution is 2.35. The third kappa shape index (κ3) is 2.46. The molecule has 0 unspecified atom stereocenters. The van der Waals surface area contributed by atoms with Gasteiger partial charge in [-0.05, 0) is 25.7 Å². The molecule has 88 valence electrons. The molecule has 1 aliphatic rings. The maximum atomic E-state index is 6.01. The average molecular weight is 240 g/mol. The van der Waals surface area contributed by atoms with E-state index in [1.54, 1.807) is 6.33 Å². The Balaban J connectivity index is 2.05.